The SMILES string of the molecule is CCC1CCCC(Oc2ccc(C#N)c(Br)c2F)C1. The Hall–Kier alpha value is -1.08. The zero-order valence-corrected chi connectivity index (χ0v) is 12.5. The van der Waals surface area contributed by atoms with Crippen molar-refractivity contribution < 1.29 is 9.13 Å². The molecule has 0 radical (unpaired) electrons. The van der Waals surface area contributed by atoms with Gasteiger partial charge in [0.2, 0.25) is 0 Å². The molecule has 1 aliphatic carbocycles. The molecule has 1 fully saturated rings. The van der Waals surface area contributed by atoms with E-state index in [1.807, 2.05) is 6.07 Å². The van der Waals surface area contributed by atoms with E-state index < -0.39 is 5.82 Å². The van der Waals surface area contributed by atoms with Crippen molar-refractivity contribution in [1.29, 1.82) is 5.26 Å². The summed E-state index contributed by atoms with van der Waals surface area (Å²) in [6.07, 6.45) is 5.60. The van der Waals surface area contributed by atoms with Crippen LogP contribution in [0.25, 0.3) is 0 Å². The molecule has 4 heteroatoms. The van der Waals surface area contributed by atoms with Crippen LogP contribution in [0.2, 0.25) is 0 Å². The standard InChI is InChI=1S/C15H17BrFNO/c1-2-10-4-3-5-12(8-10)19-13-7-6-11(9-18)14(16)15(13)17/h6-7,10,12H,2-5,8H2,1H3. The Morgan fingerprint density at radius 2 is 2.26 bits per heavy atom. The quantitative estimate of drug-likeness (QED) is 0.799. The largest absolute Gasteiger partial charge is 0.487 e. The van der Waals surface area contributed by atoms with Gasteiger partial charge in [0.15, 0.2) is 11.6 Å². The van der Waals surface area contributed by atoms with Crippen LogP contribution in [0.3, 0.4) is 0 Å². The summed E-state index contributed by atoms with van der Waals surface area (Å²) < 4.78 is 20.0. The summed E-state index contributed by atoms with van der Waals surface area (Å²) in [7, 11) is 0. The fraction of sp³-hybridized carbons (Fsp3) is 0.533. The summed E-state index contributed by atoms with van der Waals surface area (Å²) >= 11 is 3.10. The first-order valence-electron chi connectivity index (χ1n) is 6.70. The summed E-state index contributed by atoms with van der Waals surface area (Å²) in [5, 5.41) is 8.83. The molecule has 0 bridgehead atoms. The molecule has 0 spiro atoms. The van der Waals surface area contributed by atoms with E-state index in [2.05, 4.69) is 22.9 Å². The minimum absolute atomic E-state index is 0.0908. The van der Waals surface area contributed by atoms with Crippen molar-refractivity contribution in [1.82, 2.24) is 0 Å². The molecule has 0 aromatic heterocycles. The molecule has 0 N–H and O–H groups in total. The average Bonchev–Trinajstić information content (AvgIpc) is 2.44. The van der Waals surface area contributed by atoms with Crippen LogP contribution in [0.1, 0.15) is 44.6 Å². The summed E-state index contributed by atoms with van der Waals surface area (Å²) in [6.45, 7) is 2.19. The van der Waals surface area contributed by atoms with E-state index in [-0.39, 0.29) is 16.3 Å². The topological polar surface area (TPSA) is 33.0 Å². The Labute approximate surface area is 121 Å². The van der Waals surface area contributed by atoms with Crippen molar-refractivity contribution in [2.24, 2.45) is 5.92 Å². The normalized spacial score (nSPS) is 22.8. The minimum atomic E-state index is -0.474. The van der Waals surface area contributed by atoms with E-state index in [0.717, 1.165) is 25.7 Å². The van der Waals surface area contributed by atoms with Gasteiger partial charge in [-0.2, -0.15) is 5.26 Å². The maximum atomic E-state index is 14.1. The van der Waals surface area contributed by atoms with Crippen molar-refractivity contribution in [3.8, 4) is 11.8 Å². The van der Waals surface area contributed by atoms with Gasteiger partial charge in [-0.15, -0.1) is 0 Å². The Morgan fingerprint density at radius 3 is 2.95 bits per heavy atom. The zero-order valence-electron chi connectivity index (χ0n) is 11.0. The molecule has 2 nitrogen and oxygen atoms in total. The van der Waals surface area contributed by atoms with Crippen LogP contribution in [0.4, 0.5) is 4.39 Å². The predicted octanol–water partition coefficient (Wildman–Crippen LogP) is 4.81. The van der Waals surface area contributed by atoms with Crippen LogP contribution in [-0.4, -0.2) is 6.10 Å². The van der Waals surface area contributed by atoms with E-state index >= 15 is 0 Å². The van der Waals surface area contributed by atoms with Gasteiger partial charge < -0.3 is 4.74 Å². The summed E-state index contributed by atoms with van der Waals surface area (Å²) in [5.41, 5.74) is 0.292. The predicted molar refractivity (Wildman–Crippen MR) is 75.5 cm³/mol. The second-order valence-electron chi connectivity index (χ2n) is 5.03. The van der Waals surface area contributed by atoms with Crippen molar-refractivity contribution in [3.05, 3.63) is 28.0 Å². The minimum Gasteiger partial charge on any atom is -0.487 e. The van der Waals surface area contributed by atoms with Crippen molar-refractivity contribution >= 4 is 15.9 Å². The third-order valence-corrected chi connectivity index (χ3v) is 4.55. The van der Waals surface area contributed by atoms with E-state index in [1.54, 1.807) is 12.1 Å². The number of rotatable bonds is 3. The molecular weight excluding hydrogens is 309 g/mol. The molecule has 1 aliphatic rings. The Bertz CT molecular complexity index is 498. The molecule has 2 atom stereocenters. The van der Waals surface area contributed by atoms with Gasteiger partial charge in [0, 0.05) is 0 Å². The van der Waals surface area contributed by atoms with Gasteiger partial charge in [-0.05, 0) is 53.2 Å². The van der Waals surface area contributed by atoms with Gasteiger partial charge >= 0.3 is 0 Å². The summed E-state index contributed by atoms with van der Waals surface area (Å²) in [5.74, 6) is 0.453. The molecule has 0 aliphatic heterocycles. The van der Waals surface area contributed by atoms with E-state index in [0.29, 0.717) is 11.5 Å². The molecule has 102 valence electrons. The highest BCUT2D eigenvalue weighted by molar-refractivity contribution is 9.10. The highest BCUT2D eigenvalue weighted by Gasteiger charge is 2.23. The van der Waals surface area contributed by atoms with Gasteiger partial charge in [0.1, 0.15) is 6.07 Å². The monoisotopic (exact) mass is 325 g/mol. The fourth-order valence-corrected chi connectivity index (χ4v) is 3.02. The third-order valence-electron chi connectivity index (χ3n) is 3.77. The lowest BCUT2D eigenvalue weighted by Gasteiger charge is -2.29. The first-order valence-corrected chi connectivity index (χ1v) is 7.49. The highest BCUT2D eigenvalue weighted by Crippen LogP contribution is 2.33. The van der Waals surface area contributed by atoms with Gasteiger partial charge in [-0.3, -0.25) is 0 Å². The second-order valence-corrected chi connectivity index (χ2v) is 5.82. The lowest BCUT2D eigenvalue weighted by atomic mass is 9.85. The first-order chi connectivity index (χ1) is 9.15. The molecule has 1 aromatic rings. The van der Waals surface area contributed by atoms with Gasteiger partial charge in [0.05, 0.1) is 16.1 Å². The Balaban J connectivity index is 2.11. The average molecular weight is 326 g/mol. The molecule has 2 rings (SSSR count). The molecule has 2 unspecified atom stereocenters. The van der Waals surface area contributed by atoms with E-state index in [9.17, 15) is 4.39 Å². The van der Waals surface area contributed by atoms with Crippen LogP contribution in [0.15, 0.2) is 16.6 Å². The number of ether oxygens (including phenoxy) is 1. The van der Waals surface area contributed by atoms with Crippen molar-refractivity contribution in [3.63, 3.8) is 0 Å². The number of benzene rings is 1. The van der Waals surface area contributed by atoms with Gasteiger partial charge in [-0.1, -0.05) is 19.8 Å². The van der Waals surface area contributed by atoms with Crippen LogP contribution < -0.4 is 4.74 Å². The molecular formula is C15H17BrFNO. The van der Waals surface area contributed by atoms with Gasteiger partial charge in [0.25, 0.3) is 0 Å². The third kappa shape index (κ3) is 3.27. The van der Waals surface area contributed by atoms with Crippen LogP contribution in [-0.2, 0) is 0 Å². The Kier molecular flexibility index (Phi) is 4.81. The molecule has 1 saturated carbocycles. The molecule has 1 aromatic carbocycles. The number of nitrogens with zero attached hydrogens (tertiary/aromatic N) is 1. The fourth-order valence-electron chi connectivity index (χ4n) is 2.61. The maximum Gasteiger partial charge on any atom is 0.180 e. The van der Waals surface area contributed by atoms with E-state index in [4.69, 9.17) is 10.00 Å². The van der Waals surface area contributed by atoms with E-state index in [1.165, 1.54) is 6.42 Å². The smallest absolute Gasteiger partial charge is 0.180 e. The first kappa shape index (κ1) is 14.3. The van der Waals surface area contributed by atoms with Crippen LogP contribution in [0, 0.1) is 23.1 Å². The zero-order chi connectivity index (χ0) is 13.8. The number of hydrogen-bond acceptors (Lipinski definition) is 2. The lowest BCUT2D eigenvalue weighted by Crippen LogP contribution is -2.25. The van der Waals surface area contributed by atoms with Crippen molar-refractivity contribution in [2.75, 3.05) is 0 Å². The van der Waals surface area contributed by atoms with Crippen LogP contribution in [0.5, 0.6) is 5.75 Å². The maximum absolute atomic E-state index is 14.1. The number of halogens is 2. The molecule has 0 saturated heterocycles. The second kappa shape index (κ2) is 6.38. The summed E-state index contributed by atoms with van der Waals surface area (Å²) in [6, 6.07) is 5.08. The summed E-state index contributed by atoms with van der Waals surface area (Å²) in [4.78, 5) is 0. The molecule has 0 amide bonds. The number of nitriles is 1. The number of hydrogen-bond donors (Lipinski definition) is 0. The van der Waals surface area contributed by atoms with Gasteiger partial charge in [-0.25, -0.2) is 4.39 Å². The molecule has 19 heavy (non-hydrogen) atoms. The lowest BCUT2D eigenvalue weighted by molar-refractivity contribution is 0.117. The highest BCUT2D eigenvalue weighted by atomic mass is 79.9. The molecule has 0 heterocycles. The van der Waals surface area contributed by atoms with Crippen molar-refractivity contribution in [2.45, 2.75) is 45.1 Å². The van der Waals surface area contributed by atoms with Crippen LogP contribution >= 0.6 is 15.9 Å². The Morgan fingerprint density at radius 1 is 1.47 bits per heavy atom.